The summed E-state index contributed by atoms with van der Waals surface area (Å²) in [4.78, 5) is 26.6. The Morgan fingerprint density at radius 3 is 2.53 bits per heavy atom. The molecule has 0 aromatic carbocycles. The van der Waals surface area contributed by atoms with Crippen LogP contribution in [-0.2, 0) is 9.59 Å². The van der Waals surface area contributed by atoms with Crippen molar-refractivity contribution >= 4 is 11.8 Å². The lowest BCUT2D eigenvalue weighted by Crippen LogP contribution is -2.51. The van der Waals surface area contributed by atoms with E-state index in [0.717, 1.165) is 19.3 Å². The van der Waals surface area contributed by atoms with Crippen molar-refractivity contribution in [1.82, 2.24) is 10.2 Å². The van der Waals surface area contributed by atoms with E-state index in [2.05, 4.69) is 12.2 Å². The van der Waals surface area contributed by atoms with Gasteiger partial charge in [-0.25, -0.2) is 0 Å². The van der Waals surface area contributed by atoms with Gasteiger partial charge in [-0.3, -0.25) is 9.59 Å². The number of carbonyl (C=O) groups is 2. The number of nitrogens with one attached hydrogen (secondary N) is 1. The van der Waals surface area contributed by atoms with Crippen LogP contribution in [0.5, 0.6) is 0 Å². The highest BCUT2D eigenvalue weighted by Gasteiger charge is 2.43. The minimum atomic E-state index is -0.232. The molecule has 3 fully saturated rings. The molecule has 3 unspecified atom stereocenters. The molecule has 0 radical (unpaired) electrons. The molecular formula is C15H24N2O2. The molecule has 4 nitrogen and oxygen atoms in total. The molecule has 0 aromatic rings. The van der Waals surface area contributed by atoms with Crippen molar-refractivity contribution in [2.24, 2.45) is 11.8 Å². The van der Waals surface area contributed by atoms with Crippen LogP contribution in [0.25, 0.3) is 0 Å². The van der Waals surface area contributed by atoms with Crippen LogP contribution in [0.15, 0.2) is 0 Å². The molecule has 0 aromatic heterocycles. The quantitative estimate of drug-likeness (QED) is 0.825. The van der Waals surface area contributed by atoms with Crippen LogP contribution in [0.2, 0.25) is 0 Å². The number of hydrogen-bond donors (Lipinski definition) is 1. The van der Waals surface area contributed by atoms with E-state index in [1.165, 1.54) is 19.3 Å². The molecule has 3 aliphatic rings. The van der Waals surface area contributed by atoms with Crippen LogP contribution in [0, 0.1) is 11.8 Å². The van der Waals surface area contributed by atoms with Gasteiger partial charge >= 0.3 is 0 Å². The first-order valence-electron chi connectivity index (χ1n) is 7.76. The number of amides is 2. The van der Waals surface area contributed by atoms with E-state index in [1.807, 2.05) is 4.90 Å². The first kappa shape index (κ1) is 12.9. The highest BCUT2D eigenvalue weighted by molar-refractivity contribution is 5.90. The predicted octanol–water partition coefficient (Wildman–Crippen LogP) is 1.69. The average molecular weight is 264 g/mol. The monoisotopic (exact) mass is 264 g/mol. The summed E-state index contributed by atoms with van der Waals surface area (Å²) in [6.07, 6.45) is 7.47. The normalized spacial score (nSPS) is 36.9. The van der Waals surface area contributed by atoms with Crippen molar-refractivity contribution in [2.45, 2.75) is 64.0 Å². The summed E-state index contributed by atoms with van der Waals surface area (Å²) >= 11 is 0. The number of nitrogens with zero attached hydrogens (tertiary/aromatic N) is 1. The Balaban J connectivity index is 1.78. The van der Waals surface area contributed by atoms with Crippen molar-refractivity contribution < 1.29 is 9.59 Å². The lowest BCUT2D eigenvalue weighted by molar-refractivity contribution is -0.137. The maximum Gasteiger partial charge on any atom is 0.245 e. The molecule has 19 heavy (non-hydrogen) atoms. The molecule has 1 heterocycles. The van der Waals surface area contributed by atoms with Gasteiger partial charge in [-0.2, -0.15) is 0 Å². The van der Waals surface area contributed by atoms with E-state index in [4.69, 9.17) is 0 Å². The zero-order valence-electron chi connectivity index (χ0n) is 11.7. The smallest absolute Gasteiger partial charge is 0.245 e. The van der Waals surface area contributed by atoms with E-state index in [1.54, 1.807) is 0 Å². The van der Waals surface area contributed by atoms with E-state index in [-0.39, 0.29) is 17.9 Å². The van der Waals surface area contributed by atoms with Crippen molar-refractivity contribution in [3.8, 4) is 0 Å². The van der Waals surface area contributed by atoms with Gasteiger partial charge in [-0.05, 0) is 37.5 Å². The van der Waals surface area contributed by atoms with Gasteiger partial charge in [0, 0.05) is 19.0 Å². The topological polar surface area (TPSA) is 49.4 Å². The molecule has 2 saturated carbocycles. The van der Waals surface area contributed by atoms with Crippen LogP contribution in [0.3, 0.4) is 0 Å². The number of rotatable bonds is 2. The number of carbonyl (C=O) groups excluding carboxylic acids is 2. The molecule has 4 heteroatoms. The Kier molecular flexibility index (Phi) is 3.50. The largest absolute Gasteiger partial charge is 0.344 e. The first-order chi connectivity index (χ1) is 9.16. The van der Waals surface area contributed by atoms with Crippen molar-refractivity contribution in [3.05, 3.63) is 0 Å². The Bertz CT molecular complexity index is 378. The molecule has 1 aliphatic heterocycles. The van der Waals surface area contributed by atoms with Gasteiger partial charge in [0.25, 0.3) is 0 Å². The van der Waals surface area contributed by atoms with Crippen molar-refractivity contribution in [3.63, 3.8) is 0 Å². The fourth-order valence-corrected chi connectivity index (χ4v) is 3.66. The summed E-state index contributed by atoms with van der Waals surface area (Å²) < 4.78 is 0. The van der Waals surface area contributed by atoms with Gasteiger partial charge in [0.1, 0.15) is 6.04 Å². The van der Waals surface area contributed by atoms with E-state index in [9.17, 15) is 9.59 Å². The molecule has 106 valence electrons. The minimum absolute atomic E-state index is 0.0520. The van der Waals surface area contributed by atoms with Gasteiger partial charge in [0.2, 0.25) is 11.8 Å². The zero-order chi connectivity index (χ0) is 13.4. The third-order valence-electron chi connectivity index (χ3n) is 5.01. The molecule has 0 spiro atoms. The van der Waals surface area contributed by atoms with Crippen LogP contribution < -0.4 is 5.32 Å². The fourth-order valence-electron chi connectivity index (χ4n) is 3.66. The van der Waals surface area contributed by atoms with Crippen LogP contribution in [-0.4, -0.2) is 35.3 Å². The summed E-state index contributed by atoms with van der Waals surface area (Å²) in [5, 5.41) is 2.94. The van der Waals surface area contributed by atoms with E-state index < -0.39 is 0 Å². The van der Waals surface area contributed by atoms with Crippen molar-refractivity contribution in [1.29, 1.82) is 0 Å². The van der Waals surface area contributed by atoms with E-state index >= 15 is 0 Å². The maximum atomic E-state index is 12.7. The van der Waals surface area contributed by atoms with Gasteiger partial charge in [0.15, 0.2) is 0 Å². The van der Waals surface area contributed by atoms with E-state index in [0.29, 0.717) is 30.8 Å². The second kappa shape index (κ2) is 5.14. The second-order valence-corrected chi connectivity index (χ2v) is 6.49. The molecule has 3 atom stereocenters. The average Bonchev–Trinajstić information content (AvgIpc) is 3.21. The Labute approximate surface area is 114 Å². The molecule has 0 bridgehead atoms. The van der Waals surface area contributed by atoms with Gasteiger partial charge in [0.05, 0.1) is 0 Å². The summed E-state index contributed by atoms with van der Waals surface area (Å²) in [5.74, 6) is 1.21. The lowest BCUT2D eigenvalue weighted by atomic mass is 9.84. The SMILES string of the molecule is CC1CCCCC1N1CCC(=O)NC(C2CC2)C1=O. The van der Waals surface area contributed by atoms with Gasteiger partial charge in [-0.1, -0.05) is 19.8 Å². The van der Waals surface area contributed by atoms with Gasteiger partial charge < -0.3 is 10.2 Å². The summed E-state index contributed by atoms with van der Waals surface area (Å²) in [7, 11) is 0. The van der Waals surface area contributed by atoms with Crippen LogP contribution in [0.4, 0.5) is 0 Å². The summed E-state index contributed by atoms with van der Waals surface area (Å²) in [5.41, 5.74) is 0. The second-order valence-electron chi connectivity index (χ2n) is 6.49. The Morgan fingerprint density at radius 2 is 1.84 bits per heavy atom. The molecule has 3 rings (SSSR count). The Morgan fingerprint density at radius 1 is 1.11 bits per heavy atom. The maximum absolute atomic E-state index is 12.7. The zero-order valence-corrected chi connectivity index (χ0v) is 11.7. The highest BCUT2D eigenvalue weighted by atomic mass is 16.2. The highest BCUT2D eigenvalue weighted by Crippen LogP contribution is 2.36. The third-order valence-corrected chi connectivity index (χ3v) is 5.01. The third kappa shape index (κ3) is 2.63. The fraction of sp³-hybridized carbons (Fsp3) is 0.867. The lowest BCUT2D eigenvalue weighted by Gasteiger charge is -2.39. The number of hydrogen-bond acceptors (Lipinski definition) is 2. The molecule has 2 aliphatic carbocycles. The summed E-state index contributed by atoms with van der Waals surface area (Å²) in [6, 6.07) is 0.124. The summed E-state index contributed by atoms with van der Waals surface area (Å²) in [6.45, 7) is 2.87. The molecule has 1 saturated heterocycles. The van der Waals surface area contributed by atoms with Gasteiger partial charge in [-0.15, -0.1) is 0 Å². The molecular weight excluding hydrogens is 240 g/mol. The molecule has 1 N–H and O–H groups in total. The Hall–Kier alpha value is -1.06. The van der Waals surface area contributed by atoms with Crippen LogP contribution in [0.1, 0.15) is 51.9 Å². The van der Waals surface area contributed by atoms with Crippen molar-refractivity contribution in [2.75, 3.05) is 6.54 Å². The predicted molar refractivity (Wildman–Crippen MR) is 72.4 cm³/mol. The first-order valence-corrected chi connectivity index (χ1v) is 7.76. The standard InChI is InChI=1S/C15H24N2O2/c1-10-4-2-3-5-12(10)17-9-8-13(18)16-14(15(17)19)11-6-7-11/h10-12,14H,2-9H2,1H3,(H,16,18). The van der Waals surface area contributed by atoms with Crippen LogP contribution >= 0.6 is 0 Å². The molecule has 2 amide bonds. The minimum Gasteiger partial charge on any atom is -0.344 e.